The van der Waals surface area contributed by atoms with Crippen LogP contribution in [0.25, 0.3) is 0 Å². The molecule has 0 saturated carbocycles. The quantitative estimate of drug-likeness (QED) is 0.844. The van der Waals surface area contributed by atoms with Crippen LogP contribution in [-0.2, 0) is 17.5 Å². The third-order valence-corrected chi connectivity index (χ3v) is 3.27. The molecule has 0 bridgehead atoms. The molecule has 2 aromatic carbocycles. The van der Waals surface area contributed by atoms with Gasteiger partial charge in [0.15, 0.2) is 0 Å². The number of anilines is 1. The Hall–Kier alpha value is -2.34. The monoisotopic (exact) mass is 337 g/mol. The summed E-state index contributed by atoms with van der Waals surface area (Å²) in [5.41, 5.74) is 0.910. The maximum absolute atomic E-state index is 12.5. The zero-order chi connectivity index (χ0) is 17.7. The third-order valence-electron chi connectivity index (χ3n) is 3.27. The van der Waals surface area contributed by atoms with Crippen molar-refractivity contribution >= 4 is 11.6 Å². The summed E-state index contributed by atoms with van der Waals surface area (Å²) in [6.07, 6.45) is -4.27. The van der Waals surface area contributed by atoms with Crippen LogP contribution in [0.2, 0.25) is 0 Å². The first-order valence-electron chi connectivity index (χ1n) is 7.45. The molecule has 0 aliphatic rings. The molecule has 0 aliphatic heterocycles. The number of hydrogen-bond donors (Lipinski definition) is 1. The highest BCUT2D eigenvalue weighted by atomic mass is 19.4. The zero-order valence-corrected chi connectivity index (χ0v) is 13.4. The van der Waals surface area contributed by atoms with Gasteiger partial charge in [0.1, 0.15) is 0 Å². The van der Waals surface area contributed by atoms with Crippen molar-refractivity contribution in [3.63, 3.8) is 0 Å². The SMILES string of the molecule is CC(C)OCc1ccc(C(=O)Nc2ccc(C(F)(F)F)cc2)cc1. The second kappa shape index (κ2) is 7.49. The topological polar surface area (TPSA) is 38.3 Å². The first-order chi connectivity index (χ1) is 11.3. The summed E-state index contributed by atoms with van der Waals surface area (Å²) < 4.78 is 43.0. The maximum Gasteiger partial charge on any atom is 0.416 e. The van der Waals surface area contributed by atoms with Gasteiger partial charge >= 0.3 is 6.18 Å². The van der Waals surface area contributed by atoms with Gasteiger partial charge in [-0.1, -0.05) is 12.1 Å². The van der Waals surface area contributed by atoms with Crippen LogP contribution in [0, 0.1) is 0 Å². The highest BCUT2D eigenvalue weighted by Crippen LogP contribution is 2.29. The number of halogens is 3. The molecule has 0 aromatic heterocycles. The van der Waals surface area contributed by atoms with Crippen LogP contribution in [0.4, 0.5) is 18.9 Å². The highest BCUT2D eigenvalue weighted by Gasteiger charge is 2.29. The number of carbonyl (C=O) groups excluding carboxylic acids is 1. The first kappa shape index (κ1) is 18.0. The van der Waals surface area contributed by atoms with E-state index in [9.17, 15) is 18.0 Å². The molecule has 0 spiro atoms. The average Bonchev–Trinajstić information content (AvgIpc) is 2.53. The minimum Gasteiger partial charge on any atom is -0.374 e. The molecule has 24 heavy (non-hydrogen) atoms. The number of rotatable bonds is 5. The van der Waals surface area contributed by atoms with Crippen molar-refractivity contribution in [1.29, 1.82) is 0 Å². The Morgan fingerprint density at radius 1 is 1.04 bits per heavy atom. The molecule has 3 nitrogen and oxygen atoms in total. The van der Waals surface area contributed by atoms with Crippen molar-refractivity contribution in [3.05, 3.63) is 65.2 Å². The molecule has 2 rings (SSSR count). The Bertz CT molecular complexity index is 677. The van der Waals surface area contributed by atoms with E-state index in [0.717, 1.165) is 17.7 Å². The Labute approximate surface area is 138 Å². The van der Waals surface area contributed by atoms with Crippen molar-refractivity contribution in [2.75, 3.05) is 5.32 Å². The molecule has 0 saturated heterocycles. The van der Waals surface area contributed by atoms with Crippen molar-refractivity contribution in [2.24, 2.45) is 0 Å². The minimum absolute atomic E-state index is 0.118. The van der Waals surface area contributed by atoms with E-state index < -0.39 is 11.7 Å². The van der Waals surface area contributed by atoms with Crippen LogP contribution in [0.1, 0.15) is 35.3 Å². The first-order valence-corrected chi connectivity index (χ1v) is 7.45. The summed E-state index contributed by atoms with van der Waals surface area (Å²) in [6, 6.07) is 11.2. The largest absolute Gasteiger partial charge is 0.416 e. The fourth-order valence-corrected chi connectivity index (χ4v) is 1.96. The molecule has 0 unspecified atom stereocenters. The van der Waals surface area contributed by atoms with E-state index in [1.165, 1.54) is 12.1 Å². The van der Waals surface area contributed by atoms with Crippen LogP contribution < -0.4 is 5.32 Å². The summed E-state index contributed by atoms with van der Waals surface area (Å²) in [5.74, 6) is -0.383. The van der Waals surface area contributed by atoms with Crippen molar-refractivity contribution in [1.82, 2.24) is 0 Å². The Kier molecular flexibility index (Phi) is 5.62. The van der Waals surface area contributed by atoms with Gasteiger partial charge in [-0.3, -0.25) is 4.79 Å². The lowest BCUT2D eigenvalue weighted by atomic mass is 10.1. The summed E-state index contributed by atoms with van der Waals surface area (Å²) in [6.45, 7) is 4.33. The van der Waals surface area contributed by atoms with Crippen molar-refractivity contribution < 1.29 is 22.7 Å². The smallest absolute Gasteiger partial charge is 0.374 e. The van der Waals surface area contributed by atoms with Crippen molar-refractivity contribution in [2.45, 2.75) is 32.7 Å². The van der Waals surface area contributed by atoms with E-state index in [4.69, 9.17) is 4.74 Å². The van der Waals surface area contributed by atoms with Gasteiger partial charge in [0, 0.05) is 11.3 Å². The van der Waals surface area contributed by atoms with Crippen LogP contribution in [0.3, 0.4) is 0 Å². The highest BCUT2D eigenvalue weighted by molar-refractivity contribution is 6.04. The molecule has 1 N–H and O–H groups in total. The van der Waals surface area contributed by atoms with Gasteiger partial charge in [-0.2, -0.15) is 13.2 Å². The third kappa shape index (κ3) is 5.09. The molecule has 128 valence electrons. The zero-order valence-electron chi connectivity index (χ0n) is 13.4. The number of hydrogen-bond acceptors (Lipinski definition) is 2. The second-order valence-corrected chi connectivity index (χ2v) is 5.59. The van der Waals surface area contributed by atoms with E-state index in [1.807, 2.05) is 13.8 Å². The molecular weight excluding hydrogens is 319 g/mol. The standard InChI is InChI=1S/C18H18F3NO2/c1-12(2)24-11-13-3-5-14(6-4-13)17(23)22-16-9-7-15(8-10-16)18(19,20)21/h3-10,12H,11H2,1-2H3,(H,22,23). The van der Waals surface area contributed by atoms with Gasteiger partial charge in [0.25, 0.3) is 5.91 Å². The summed E-state index contributed by atoms with van der Waals surface area (Å²) >= 11 is 0. The van der Waals surface area contributed by atoms with E-state index in [0.29, 0.717) is 17.9 Å². The molecule has 0 atom stereocenters. The van der Waals surface area contributed by atoms with Gasteiger partial charge < -0.3 is 10.1 Å². The molecule has 0 aliphatic carbocycles. The van der Waals surface area contributed by atoms with E-state index in [1.54, 1.807) is 24.3 Å². The second-order valence-electron chi connectivity index (χ2n) is 5.59. The molecule has 6 heteroatoms. The molecule has 0 fully saturated rings. The average molecular weight is 337 g/mol. The maximum atomic E-state index is 12.5. The van der Waals surface area contributed by atoms with Gasteiger partial charge in [-0.15, -0.1) is 0 Å². The minimum atomic E-state index is -4.39. The van der Waals surface area contributed by atoms with Gasteiger partial charge in [0.2, 0.25) is 0 Å². The Morgan fingerprint density at radius 3 is 2.12 bits per heavy atom. The van der Waals surface area contributed by atoms with Crippen LogP contribution >= 0.6 is 0 Å². The predicted molar refractivity (Wildman–Crippen MR) is 85.8 cm³/mol. The van der Waals surface area contributed by atoms with Gasteiger partial charge in [-0.05, 0) is 55.8 Å². The Morgan fingerprint density at radius 2 is 1.62 bits per heavy atom. The molecule has 2 aromatic rings. The predicted octanol–water partition coefficient (Wildman–Crippen LogP) is 4.88. The molecule has 0 radical (unpaired) electrons. The van der Waals surface area contributed by atoms with Gasteiger partial charge in [0.05, 0.1) is 18.3 Å². The normalized spacial score (nSPS) is 11.6. The number of carbonyl (C=O) groups is 1. The lowest BCUT2D eigenvalue weighted by molar-refractivity contribution is -0.137. The number of benzene rings is 2. The number of alkyl halides is 3. The lowest BCUT2D eigenvalue weighted by Crippen LogP contribution is -2.12. The van der Waals surface area contributed by atoms with Crippen molar-refractivity contribution in [3.8, 4) is 0 Å². The fraction of sp³-hybridized carbons (Fsp3) is 0.278. The molecule has 0 heterocycles. The van der Waals surface area contributed by atoms with Gasteiger partial charge in [-0.25, -0.2) is 0 Å². The van der Waals surface area contributed by atoms with Crippen LogP contribution in [0.5, 0.6) is 0 Å². The summed E-state index contributed by atoms with van der Waals surface area (Å²) in [7, 11) is 0. The number of nitrogens with one attached hydrogen (secondary N) is 1. The fourth-order valence-electron chi connectivity index (χ4n) is 1.96. The summed E-state index contributed by atoms with van der Waals surface area (Å²) in [5, 5.41) is 2.57. The van der Waals surface area contributed by atoms with E-state index in [2.05, 4.69) is 5.32 Å². The van der Waals surface area contributed by atoms with E-state index in [-0.39, 0.29) is 12.0 Å². The van der Waals surface area contributed by atoms with E-state index >= 15 is 0 Å². The van der Waals surface area contributed by atoms with Crippen LogP contribution in [0.15, 0.2) is 48.5 Å². The Balaban J connectivity index is 1.99. The van der Waals surface area contributed by atoms with Crippen LogP contribution in [-0.4, -0.2) is 12.0 Å². The molecular formula is C18H18F3NO2. The number of amides is 1. The lowest BCUT2D eigenvalue weighted by Gasteiger charge is -2.10. The summed E-state index contributed by atoms with van der Waals surface area (Å²) in [4.78, 5) is 12.1. The number of ether oxygens (including phenoxy) is 1. The molecule has 1 amide bonds.